The summed E-state index contributed by atoms with van der Waals surface area (Å²) in [6, 6.07) is 21.9. The molecule has 4 aromatic rings. The molecule has 4 rings (SSSR count). The lowest BCUT2D eigenvalue weighted by Crippen LogP contribution is -2.18. The summed E-state index contributed by atoms with van der Waals surface area (Å²) in [4.78, 5) is 4.70. The van der Waals surface area contributed by atoms with E-state index >= 15 is 0 Å². The lowest BCUT2D eigenvalue weighted by atomic mass is 9.74. The SMILES string of the molecule is CCCC(C)(CC)CC(C)c1ccc(-n2c3ccccc3c3cccnc32)cc1. The van der Waals surface area contributed by atoms with Crippen LogP contribution in [0.1, 0.15) is 64.9 Å². The molecule has 150 valence electrons. The van der Waals surface area contributed by atoms with Gasteiger partial charge in [-0.1, -0.05) is 70.9 Å². The van der Waals surface area contributed by atoms with Crippen LogP contribution in [0.2, 0.25) is 0 Å². The average Bonchev–Trinajstić information content (AvgIpc) is 3.08. The standard InChI is InChI=1S/C27H32N2/c1-5-17-27(4,6-2)19-20(3)21-13-15-22(16-14-21)29-25-12-8-7-10-23(25)24-11-9-18-28-26(24)29/h7-16,18,20H,5-6,17,19H2,1-4H3. The Morgan fingerprint density at radius 3 is 2.38 bits per heavy atom. The van der Waals surface area contributed by atoms with Crippen LogP contribution in [0.3, 0.4) is 0 Å². The first-order chi connectivity index (χ1) is 14.1. The van der Waals surface area contributed by atoms with Crippen molar-refractivity contribution in [3.05, 3.63) is 72.4 Å². The molecule has 0 aliphatic heterocycles. The fraction of sp³-hybridized carbons (Fsp3) is 0.370. The minimum absolute atomic E-state index is 0.434. The zero-order valence-electron chi connectivity index (χ0n) is 18.2. The number of benzene rings is 2. The Balaban J connectivity index is 1.70. The topological polar surface area (TPSA) is 17.8 Å². The molecule has 0 N–H and O–H groups in total. The lowest BCUT2D eigenvalue weighted by molar-refractivity contribution is 0.241. The van der Waals surface area contributed by atoms with E-state index in [4.69, 9.17) is 4.98 Å². The monoisotopic (exact) mass is 384 g/mol. The van der Waals surface area contributed by atoms with E-state index in [0.29, 0.717) is 11.3 Å². The number of hydrogen-bond acceptors (Lipinski definition) is 1. The van der Waals surface area contributed by atoms with Crippen LogP contribution in [0, 0.1) is 5.41 Å². The molecule has 29 heavy (non-hydrogen) atoms. The molecule has 0 aliphatic carbocycles. The summed E-state index contributed by atoms with van der Waals surface area (Å²) in [5.41, 5.74) is 5.28. The van der Waals surface area contributed by atoms with Crippen molar-refractivity contribution in [2.75, 3.05) is 0 Å². The summed E-state index contributed by atoms with van der Waals surface area (Å²) >= 11 is 0. The maximum atomic E-state index is 4.70. The zero-order valence-corrected chi connectivity index (χ0v) is 18.2. The van der Waals surface area contributed by atoms with Gasteiger partial charge in [0.25, 0.3) is 0 Å². The van der Waals surface area contributed by atoms with Crippen molar-refractivity contribution in [3.8, 4) is 5.69 Å². The molecule has 0 bridgehead atoms. The van der Waals surface area contributed by atoms with Gasteiger partial charge in [-0.2, -0.15) is 0 Å². The molecule has 0 spiro atoms. The maximum absolute atomic E-state index is 4.70. The zero-order chi connectivity index (χ0) is 20.4. The van der Waals surface area contributed by atoms with E-state index in [1.54, 1.807) is 0 Å². The predicted octanol–water partition coefficient (Wildman–Crippen LogP) is 7.89. The molecule has 2 heteroatoms. The van der Waals surface area contributed by atoms with Gasteiger partial charge in [-0.25, -0.2) is 4.98 Å². The number of aromatic nitrogens is 2. The van der Waals surface area contributed by atoms with Gasteiger partial charge in [0.15, 0.2) is 0 Å². The fourth-order valence-electron chi connectivity index (χ4n) is 4.89. The molecule has 0 saturated heterocycles. The molecule has 0 fully saturated rings. The molecule has 2 nitrogen and oxygen atoms in total. The smallest absolute Gasteiger partial charge is 0.145 e. The predicted molar refractivity (Wildman–Crippen MR) is 125 cm³/mol. The Morgan fingerprint density at radius 2 is 1.66 bits per heavy atom. The van der Waals surface area contributed by atoms with Crippen molar-refractivity contribution >= 4 is 21.9 Å². The highest BCUT2D eigenvalue weighted by atomic mass is 15.0. The number of pyridine rings is 1. The Bertz CT molecular complexity index is 1050. The van der Waals surface area contributed by atoms with Crippen LogP contribution < -0.4 is 0 Å². The second-order valence-electron chi connectivity index (χ2n) is 8.84. The van der Waals surface area contributed by atoms with E-state index in [9.17, 15) is 0 Å². The van der Waals surface area contributed by atoms with Crippen LogP contribution in [0.4, 0.5) is 0 Å². The van der Waals surface area contributed by atoms with Gasteiger partial charge in [0, 0.05) is 22.7 Å². The molecule has 2 atom stereocenters. The van der Waals surface area contributed by atoms with Crippen LogP contribution in [-0.4, -0.2) is 9.55 Å². The second kappa shape index (κ2) is 8.02. The van der Waals surface area contributed by atoms with Crippen molar-refractivity contribution in [1.29, 1.82) is 0 Å². The van der Waals surface area contributed by atoms with Crippen LogP contribution in [-0.2, 0) is 0 Å². The number of para-hydroxylation sites is 1. The minimum atomic E-state index is 0.434. The summed E-state index contributed by atoms with van der Waals surface area (Å²) in [6.45, 7) is 9.46. The van der Waals surface area contributed by atoms with E-state index in [1.807, 2.05) is 12.3 Å². The van der Waals surface area contributed by atoms with Crippen LogP contribution in [0.25, 0.3) is 27.6 Å². The quantitative estimate of drug-likeness (QED) is 0.317. The molecule has 2 heterocycles. The molecule has 0 aliphatic rings. The van der Waals surface area contributed by atoms with Crippen molar-refractivity contribution in [1.82, 2.24) is 9.55 Å². The van der Waals surface area contributed by atoms with Gasteiger partial charge < -0.3 is 0 Å². The third-order valence-electron chi connectivity index (χ3n) is 6.66. The summed E-state index contributed by atoms with van der Waals surface area (Å²) in [6.07, 6.45) is 6.94. The number of fused-ring (bicyclic) bond motifs is 3. The minimum Gasteiger partial charge on any atom is -0.294 e. The molecule has 0 radical (unpaired) electrons. The normalized spacial score (nSPS) is 14.9. The van der Waals surface area contributed by atoms with E-state index in [1.165, 1.54) is 53.2 Å². The molecule has 2 aromatic heterocycles. The maximum Gasteiger partial charge on any atom is 0.145 e. The molecular formula is C27H32N2. The number of hydrogen-bond donors (Lipinski definition) is 0. The van der Waals surface area contributed by atoms with Crippen LogP contribution in [0.5, 0.6) is 0 Å². The highest BCUT2D eigenvalue weighted by Crippen LogP contribution is 2.38. The second-order valence-corrected chi connectivity index (χ2v) is 8.84. The van der Waals surface area contributed by atoms with Gasteiger partial charge in [0.2, 0.25) is 0 Å². The Labute approximate surface area is 174 Å². The van der Waals surface area contributed by atoms with Crippen molar-refractivity contribution in [2.45, 2.75) is 59.3 Å². The number of rotatable bonds is 7. The van der Waals surface area contributed by atoms with E-state index in [-0.39, 0.29) is 0 Å². The van der Waals surface area contributed by atoms with Crippen molar-refractivity contribution in [3.63, 3.8) is 0 Å². The first kappa shape index (κ1) is 19.7. The lowest BCUT2D eigenvalue weighted by Gasteiger charge is -2.31. The fourth-order valence-corrected chi connectivity index (χ4v) is 4.89. The van der Waals surface area contributed by atoms with Crippen LogP contribution in [0.15, 0.2) is 66.9 Å². The summed E-state index contributed by atoms with van der Waals surface area (Å²) in [7, 11) is 0. The first-order valence-electron chi connectivity index (χ1n) is 11.0. The van der Waals surface area contributed by atoms with Gasteiger partial charge in [0.05, 0.1) is 5.52 Å². The van der Waals surface area contributed by atoms with Gasteiger partial charge in [-0.15, -0.1) is 0 Å². The third kappa shape index (κ3) is 3.69. The molecule has 2 unspecified atom stereocenters. The van der Waals surface area contributed by atoms with Crippen molar-refractivity contribution < 1.29 is 0 Å². The Kier molecular flexibility index (Phi) is 5.45. The Hall–Kier alpha value is -2.61. The number of nitrogens with zero attached hydrogens (tertiary/aromatic N) is 2. The van der Waals surface area contributed by atoms with Gasteiger partial charge >= 0.3 is 0 Å². The highest BCUT2D eigenvalue weighted by molar-refractivity contribution is 6.07. The van der Waals surface area contributed by atoms with Crippen LogP contribution >= 0.6 is 0 Å². The first-order valence-corrected chi connectivity index (χ1v) is 11.0. The van der Waals surface area contributed by atoms with Gasteiger partial charge in [-0.05, 0) is 60.1 Å². The highest BCUT2D eigenvalue weighted by Gasteiger charge is 2.24. The van der Waals surface area contributed by atoms with Gasteiger partial charge in [0.1, 0.15) is 5.65 Å². The van der Waals surface area contributed by atoms with E-state index in [2.05, 4.69) is 86.9 Å². The molecule has 2 aromatic carbocycles. The van der Waals surface area contributed by atoms with Gasteiger partial charge in [-0.3, -0.25) is 4.57 Å². The molecular weight excluding hydrogens is 352 g/mol. The summed E-state index contributed by atoms with van der Waals surface area (Å²) in [5, 5.41) is 2.46. The van der Waals surface area contributed by atoms with E-state index in [0.717, 1.165) is 5.65 Å². The largest absolute Gasteiger partial charge is 0.294 e. The molecule has 0 amide bonds. The summed E-state index contributed by atoms with van der Waals surface area (Å²) < 4.78 is 2.28. The third-order valence-corrected chi connectivity index (χ3v) is 6.66. The molecule has 0 saturated carbocycles. The van der Waals surface area contributed by atoms with Crippen molar-refractivity contribution in [2.24, 2.45) is 5.41 Å². The average molecular weight is 385 g/mol. The Morgan fingerprint density at radius 1 is 0.931 bits per heavy atom. The summed E-state index contributed by atoms with van der Waals surface area (Å²) in [5.74, 6) is 0.567. The van der Waals surface area contributed by atoms with E-state index < -0.39 is 0 Å².